The second kappa shape index (κ2) is 6.96. The van der Waals surface area contributed by atoms with E-state index in [0.717, 1.165) is 16.9 Å². The maximum Gasteiger partial charge on any atom is 0.296 e. The highest BCUT2D eigenvalue weighted by Gasteiger charge is 2.22. The van der Waals surface area contributed by atoms with Gasteiger partial charge in [0.25, 0.3) is 11.7 Å². The van der Waals surface area contributed by atoms with Crippen LogP contribution in [0.25, 0.3) is 5.69 Å². The largest absolute Gasteiger partial charge is 0.319 e. The number of nitrogens with one attached hydrogen (secondary N) is 1. The molecule has 0 saturated heterocycles. The quantitative estimate of drug-likeness (QED) is 0.561. The Bertz CT molecular complexity index is 988. The Morgan fingerprint density at radius 1 is 0.962 bits per heavy atom. The van der Waals surface area contributed by atoms with Crippen LogP contribution in [-0.4, -0.2) is 16.3 Å². The molecule has 3 rings (SSSR count). The second-order valence-electron chi connectivity index (χ2n) is 6.25. The maximum absolute atomic E-state index is 13.0. The summed E-state index contributed by atoms with van der Waals surface area (Å²) in [5.41, 5.74) is 4.34. The van der Waals surface area contributed by atoms with Crippen molar-refractivity contribution in [1.29, 1.82) is 0 Å². The molecule has 3 aromatic rings. The summed E-state index contributed by atoms with van der Waals surface area (Å²) >= 11 is 0. The lowest BCUT2D eigenvalue weighted by Crippen LogP contribution is -2.23. The fourth-order valence-corrected chi connectivity index (χ4v) is 3.00. The first-order chi connectivity index (χ1) is 12.4. The Morgan fingerprint density at radius 2 is 1.65 bits per heavy atom. The summed E-state index contributed by atoms with van der Waals surface area (Å²) in [6.45, 7) is 5.71. The number of hydrogen-bond donors (Lipinski definition) is 1. The Morgan fingerprint density at radius 3 is 2.31 bits per heavy atom. The van der Waals surface area contributed by atoms with E-state index in [1.54, 1.807) is 6.07 Å². The van der Waals surface area contributed by atoms with Gasteiger partial charge in [-0.25, -0.2) is 4.39 Å². The molecule has 0 radical (unpaired) electrons. The Labute approximate surface area is 151 Å². The molecule has 1 amide bonds. The summed E-state index contributed by atoms with van der Waals surface area (Å²) in [5, 5.41) is 2.51. The Hall–Kier alpha value is -3.21. The van der Waals surface area contributed by atoms with Crippen LogP contribution in [0.5, 0.6) is 0 Å². The second-order valence-corrected chi connectivity index (χ2v) is 6.25. The van der Waals surface area contributed by atoms with Gasteiger partial charge in [-0.3, -0.25) is 9.59 Å². The van der Waals surface area contributed by atoms with Crippen molar-refractivity contribution in [3.05, 3.63) is 82.9 Å². The lowest BCUT2D eigenvalue weighted by molar-refractivity contribution is -0.112. The number of halogens is 1. The molecule has 0 aliphatic carbocycles. The number of nitrogens with zero attached hydrogens (tertiary/aromatic N) is 1. The van der Waals surface area contributed by atoms with Gasteiger partial charge in [-0.1, -0.05) is 12.1 Å². The molecule has 1 heterocycles. The number of Topliss-reactive ketones (excluding diaryl/α,β-unsaturated/α-hetero) is 1. The van der Waals surface area contributed by atoms with Gasteiger partial charge in [0.05, 0.1) is 0 Å². The Balaban J connectivity index is 1.89. The van der Waals surface area contributed by atoms with Crippen molar-refractivity contribution >= 4 is 17.4 Å². The van der Waals surface area contributed by atoms with Gasteiger partial charge in [0.2, 0.25) is 0 Å². The summed E-state index contributed by atoms with van der Waals surface area (Å²) in [4.78, 5) is 24.9. The highest BCUT2D eigenvalue weighted by Crippen LogP contribution is 2.22. The smallest absolute Gasteiger partial charge is 0.296 e. The highest BCUT2D eigenvalue weighted by molar-refractivity contribution is 6.46. The minimum absolute atomic E-state index is 0.351. The zero-order valence-corrected chi connectivity index (χ0v) is 14.8. The molecule has 0 spiro atoms. The lowest BCUT2D eigenvalue weighted by atomic mass is 10.1. The van der Waals surface area contributed by atoms with Crippen LogP contribution in [0.1, 0.15) is 27.3 Å². The molecular weight excluding hydrogens is 331 g/mol. The number of carbonyl (C=O) groups is 2. The van der Waals surface area contributed by atoms with Gasteiger partial charge in [0.1, 0.15) is 5.82 Å². The van der Waals surface area contributed by atoms with Gasteiger partial charge in [0, 0.05) is 28.3 Å². The van der Waals surface area contributed by atoms with Crippen LogP contribution < -0.4 is 5.32 Å². The van der Waals surface area contributed by atoms with E-state index in [9.17, 15) is 14.0 Å². The third-order valence-corrected chi connectivity index (χ3v) is 4.24. The zero-order valence-electron chi connectivity index (χ0n) is 14.8. The van der Waals surface area contributed by atoms with E-state index < -0.39 is 17.5 Å². The minimum atomic E-state index is -0.749. The van der Waals surface area contributed by atoms with E-state index in [2.05, 4.69) is 5.32 Å². The molecule has 0 atom stereocenters. The molecular formula is C21H19FN2O2. The van der Waals surface area contributed by atoms with E-state index in [4.69, 9.17) is 0 Å². The standard InChI is InChI=1S/C21H19FN2O2/c1-13-5-4-6-18(11-13)24-14(2)12-19(15(24)3)20(25)21(26)23-17-9-7-16(22)8-10-17/h4-12H,1-3H3,(H,23,26). The predicted octanol–water partition coefficient (Wildman–Crippen LogP) is 4.36. The van der Waals surface area contributed by atoms with Crippen LogP contribution in [-0.2, 0) is 4.79 Å². The zero-order chi connectivity index (χ0) is 18.8. The van der Waals surface area contributed by atoms with Crippen LogP contribution in [0.3, 0.4) is 0 Å². The molecule has 2 aromatic carbocycles. The molecule has 0 saturated carbocycles. The number of anilines is 1. The maximum atomic E-state index is 13.0. The first-order valence-corrected chi connectivity index (χ1v) is 8.24. The summed E-state index contributed by atoms with van der Waals surface area (Å²) in [6.07, 6.45) is 0. The van der Waals surface area contributed by atoms with Gasteiger partial charge in [0.15, 0.2) is 0 Å². The first kappa shape index (κ1) is 17.6. The van der Waals surface area contributed by atoms with E-state index in [1.165, 1.54) is 24.3 Å². The third kappa shape index (κ3) is 3.42. The van der Waals surface area contributed by atoms with Gasteiger partial charge in [-0.15, -0.1) is 0 Å². The van der Waals surface area contributed by atoms with Gasteiger partial charge in [-0.05, 0) is 68.8 Å². The highest BCUT2D eigenvalue weighted by atomic mass is 19.1. The van der Waals surface area contributed by atoms with Crippen molar-refractivity contribution in [2.75, 3.05) is 5.32 Å². The van der Waals surface area contributed by atoms with Crippen LogP contribution in [0.2, 0.25) is 0 Å². The van der Waals surface area contributed by atoms with Crippen molar-refractivity contribution in [3.63, 3.8) is 0 Å². The SMILES string of the molecule is Cc1cccc(-n2c(C)cc(C(=O)C(=O)Nc3ccc(F)cc3)c2C)c1. The van der Waals surface area contributed by atoms with Crippen molar-refractivity contribution < 1.29 is 14.0 Å². The van der Waals surface area contributed by atoms with Crippen LogP contribution >= 0.6 is 0 Å². The number of ketones is 1. The molecule has 5 heteroatoms. The first-order valence-electron chi connectivity index (χ1n) is 8.24. The van der Waals surface area contributed by atoms with Gasteiger partial charge in [-0.2, -0.15) is 0 Å². The number of amides is 1. The molecule has 0 bridgehead atoms. The van der Waals surface area contributed by atoms with Gasteiger partial charge < -0.3 is 9.88 Å². The summed E-state index contributed by atoms with van der Waals surface area (Å²) < 4.78 is 14.9. The molecule has 0 fully saturated rings. The molecule has 4 nitrogen and oxygen atoms in total. The minimum Gasteiger partial charge on any atom is -0.319 e. The fourth-order valence-electron chi connectivity index (χ4n) is 3.00. The molecule has 0 unspecified atom stereocenters. The number of benzene rings is 2. The molecule has 0 aliphatic heterocycles. The van der Waals surface area contributed by atoms with Crippen LogP contribution in [0.15, 0.2) is 54.6 Å². The summed E-state index contributed by atoms with van der Waals surface area (Å²) in [7, 11) is 0. The predicted molar refractivity (Wildman–Crippen MR) is 99.3 cm³/mol. The average molecular weight is 350 g/mol. The lowest BCUT2D eigenvalue weighted by Gasteiger charge is -2.10. The van der Waals surface area contributed by atoms with Gasteiger partial charge >= 0.3 is 0 Å². The van der Waals surface area contributed by atoms with Crippen molar-refractivity contribution in [1.82, 2.24) is 4.57 Å². The van der Waals surface area contributed by atoms with Crippen LogP contribution in [0, 0.1) is 26.6 Å². The van der Waals surface area contributed by atoms with Crippen molar-refractivity contribution in [2.24, 2.45) is 0 Å². The average Bonchev–Trinajstić information content (AvgIpc) is 2.90. The molecule has 132 valence electrons. The third-order valence-electron chi connectivity index (χ3n) is 4.24. The normalized spacial score (nSPS) is 10.6. The van der Waals surface area contributed by atoms with Crippen molar-refractivity contribution in [2.45, 2.75) is 20.8 Å². The summed E-state index contributed by atoms with van der Waals surface area (Å²) in [5.74, 6) is -1.78. The number of hydrogen-bond acceptors (Lipinski definition) is 2. The van der Waals surface area contributed by atoms with E-state index in [-0.39, 0.29) is 0 Å². The number of rotatable bonds is 4. The van der Waals surface area contributed by atoms with Crippen molar-refractivity contribution in [3.8, 4) is 5.69 Å². The van der Waals surface area contributed by atoms with E-state index >= 15 is 0 Å². The molecule has 1 N–H and O–H groups in total. The monoisotopic (exact) mass is 350 g/mol. The summed E-state index contributed by atoms with van der Waals surface area (Å²) in [6, 6.07) is 14.9. The fraction of sp³-hybridized carbons (Fsp3) is 0.143. The number of aryl methyl sites for hydroxylation is 2. The van der Waals surface area contributed by atoms with Crippen LogP contribution in [0.4, 0.5) is 10.1 Å². The molecule has 1 aromatic heterocycles. The number of carbonyl (C=O) groups excluding carboxylic acids is 2. The molecule has 0 aliphatic rings. The topological polar surface area (TPSA) is 51.1 Å². The number of aromatic nitrogens is 1. The Kier molecular flexibility index (Phi) is 4.71. The van der Waals surface area contributed by atoms with E-state index in [0.29, 0.717) is 16.9 Å². The molecule has 26 heavy (non-hydrogen) atoms. The van der Waals surface area contributed by atoms with E-state index in [1.807, 2.05) is 49.6 Å².